The Morgan fingerprint density at radius 3 is 2.11 bits per heavy atom. The SMILES string of the molecule is COc1ccc(C[C@H](N)C(=O)N2CCNCCNCCNCC2)cc1OC. The van der Waals surface area contributed by atoms with Gasteiger partial charge >= 0.3 is 0 Å². The normalized spacial score (nSPS) is 18.1. The highest BCUT2D eigenvalue weighted by Crippen LogP contribution is 2.27. The maximum Gasteiger partial charge on any atom is 0.239 e. The number of rotatable bonds is 5. The quantitative estimate of drug-likeness (QED) is 0.531. The fourth-order valence-electron chi connectivity index (χ4n) is 3.07. The van der Waals surface area contributed by atoms with Crippen LogP contribution < -0.4 is 31.2 Å². The molecule has 0 saturated carbocycles. The number of carbonyl (C=O) groups is 1. The smallest absolute Gasteiger partial charge is 0.239 e. The number of hydrogen-bond donors (Lipinski definition) is 4. The van der Waals surface area contributed by atoms with Gasteiger partial charge in [0.2, 0.25) is 5.91 Å². The number of ether oxygens (including phenoxy) is 2. The van der Waals surface area contributed by atoms with E-state index in [1.807, 2.05) is 23.1 Å². The van der Waals surface area contributed by atoms with Gasteiger partial charge in [0.15, 0.2) is 11.5 Å². The van der Waals surface area contributed by atoms with Crippen LogP contribution in [0.25, 0.3) is 0 Å². The third kappa shape index (κ3) is 6.99. The van der Waals surface area contributed by atoms with E-state index in [0.29, 0.717) is 31.0 Å². The summed E-state index contributed by atoms with van der Waals surface area (Å²) >= 11 is 0. The molecule has 1 aliphatic heterocycles. The van der Waals surface area contributed by atoms with Crippen molar-refractivity contribution < 1.29 is 14.3 Å². The molecule has 0 aromatic heterocycles. The van der Waals surface area contributed by atoms with Crippen LogP contribution in [-0.4, -0.2) is 83.4 Å². The maximum atomic E-state index is 12.9. The number of benzene rings is 1. The Morgan fingerprint density at radius 1 is 1.00 bits per heavy atom. The van der Waals surface area contributed by atoms with Crippen molar-refractivity contribution in [3.05, 3.63) is 23.8 Å². The molecule has 0 aliphatic carbocycles. The summed E-state index contributed by atoms with van der Waals surface area (Å²) in [6.45, 7) is 6.45. The standard InChI is InChI=1S/C19H33N5O3/c1-26-17-4-3-15(14-18(17)27-2)13-16(20)19(25)24-11-9-22-7-5-21-6-8-23-10-12-24/h3-4,14,16,21-23H,5-13,20H2,1-2H3/t16-/m0/s1. The molecule has 1 heterocycles. The van der Waals surface area contributed by atoms with Gasteiger partial charge in [-0.05, 0) is 24.1 Å². The second-order valence-electron chi connectivity index (χ2n) is 6.58. The Bertz CT molecular complexity index is 572. The number of hydrogen-bond acceptors (Lipinski definition) is 7. The van der Waals surface area contributed by atoms with Crippen molar-refractivity contribution in [2.45, 2.75) is 12.5 Å². The predicted octanol–water partition coefficient (Wildman–Crippen LogP) is -0.815. The van der Waals surface area contributed by atoms with Crippen LogP contribution in [-0.2, 0) is 11.2 Å². The molecule has 1 fully saturated rings. The number of amides is 1. The zero-order valence-corrected chi connectivity index (χ0v) is 16.4. The molecule has 1 aliphatic rings. The van der Waals surface area contributed by atoms with Crippen LogP contribution in [0.2, 0.25) is 0 Å². The van der Waals surface area contributed by atoms with Crippen LogP contribution in [0.4, 0.5) is 0 Å². The molecule has 1 atom stereocenters. The van der Waals surface area contributed by atoms with Gasteiger partial charge in [0.05, 0.1) is 20.3 Å². The monoisotopic (exact) mass is 379 g/mol. The number of nitrogens with zero attached hydrogens (tertiary/aromatic N) is 1. The Morgan fingerprint density at radius 2 is 1.56 bits per heavy atom. The van der Waals surface area contributed by atoms with Crippen LogP contribution in [0.5, 0.6) is 11.5 Å². The average molecular weight is 380 g/mol. The summed E-state index contributed by atoms with van der Waals surface area (Å²) in [5.74, 6) is 1.28. The Kier molecular flexibility index (Phi) is 9.34. The summed E-state index contributed by atoms with van der Waals surface area (Å²) in [4.78, 5) is 14.7. The van der Waals surface area contributed by atoms with Crippen molar-refractivity contribution in [2.75, 3.05) is 66.6 Å². The van der Waals surface area contributed by atoms with Crippen molar-refractivity contribution >= 4 is 5.91 Å². The highest BCUT2D eigenvalue weighted by Gasteiger charge is 2.21. The summed E-state index contributed by atoms with van der Waals surface area (Å²) < 4.78 is 10.6. The summed E-state index contributed by atoms with van der Waals surface area (Å²) in [7, 11) is 3.20. The first-order valence-electron chi connectivity index (χ1n) is 9.53. The molecule has 2 rings (SSSR count). The van der Waals surface area contributed by atoms with E-state index >= 15 is 0 Å². The van der Waals surface area contributed by atoms with E-state index in [4.69, 9.17) is 15.2 Å². The molecule has 1 saturated heterocycles. The van der Waals surface area contributed by atoms with Crippen LogP contribution in [0.1, 0.15) is 5.56 Å². The van der Waals surface area contributed by atoms with E-state index in [-0.39, 0.29) is 5.91 Å². The Labute approximate surface area is 161 Å². The average Bonchev–Trinajstić information content (AvgIpc) is 2.67. The van der Waals surface area contributed by atoms with Gasteiger partial charge < -0.3 is 36.1 Å². The second-order valence-corrected chi connectivity index (χ2v) is 6.58. The minimum atomic E-state index is -0.585. The van der Waals surface area contributed by atoms with E-state index in [2.05, 4.69) is 16.0 Å². The van der Waals surface area contributed by atoms with Gasteiger partial charge in [0.1, 0.15) is 0 Å². The second kappa shape index (κ2) is 11.8. The molecule has 0 spiro atoms. The molecule has 8 heteroatoms. The fourth-order valence-corrected chi connectivity index (χ4v) is 3.07. The molecule has 1 amide bonds. The summed E-state index contributed by atoms with van der Waals surface area (Å²) in [6.07, 6.45) is 0.459. The predicted molar refractivity (Wildman–Crippen MR) is 106 cm³/mol. The first-order chi connectivity index (χ1) is 13.2. The molecule has 8 nitrogen and oxygen atoms in total. The Hall–Kier alpha value is -1.87. The molecule has 0 bridgehead atoms. The molecule has 1 aromatic rings. The lowest BCUT2D eigenvalue weighted by molar-refractivity contribution is -0.132. The largest absolute Gasteiger partial charge is 0.493 e. The minimum Gasteiger partial charge on any atom is -0.493 e. The third-order valence-electron chi connectivity index (χ3n) is 4.61. The van der Waals surface area contributed by atoms with Crippen molar-refractivity contribution in [1.29, 1.82) is 0 Å². The van der Waals surface area contributed by atoms with Crippen LogP contribution in [0, 0.1) is 0 Å². The zero-order chi connectivity index (χ0) is 19.5. The number of methoxy groups -OCH3 is 2. The molecule has 152 valence electrons. The lowest BCUT2D eigenvalue weighted by Crippen LogP contribution is -2.50. The maximum absolute atomic E-state index is 12.9. The first-order valence-corrected chi connectivity index (χ1v) is 9.53. The third-order valence-corrected chi connectivity index (χ3v) is 4.61. The van der Waals surface area contributed by atoms with E-state index in [1.165, 1.54) is 0 Å². The van der Waals surface area contributed by atoms with E-state index in [0.717, 1.165) is 44.8 Å². The fraction of sp³-hybridized carbons (Fsp3) is 0.632. The number of nitrogens with two attached hydrogens (primary N) is 1. The van der Waals surface area contributed by atoms with Gasteiger partial charge in [-0.3, -0.25) is 4.79 Å². The van der Waals surface area contributed by atoms with Gasteiger partial charge in [-0.25, -0.2) is 0 Å². The molecular formula is C19H33N5O3. The van der Waals surface area contributed by atoms with E-state index < -0.39 is 6.04 Å². The van der Waals surface area contributed by atoms with Crippen LogP contribution in [0.15, 0.2) is 18.2 Å². The summed E-state index contributed by atoms with van der Waals surface area (Å²) in [6, 6.07) is 5.04. The summed E-state index contributed by atoms with van der Waals surface area (Å²) in [5.41, 5.74) is 7.19. The zero-order valence-electron chi connectivity index (χ0n) is 16.4. The topological polar surface area (TPSA) is 101 Å². The van der Waals surface area contributed by atoms with Gasteiger partial charge in [0.25, 0.3) is 0 Å². The van der Waals surface area contributed by atoms with Gasteiger partial charge in [-0.2, -0.15) is 0 Å². The molecule has 5 N–H and O–H groups in total. The first kappa shape index (κ1) is 21.4. The molecular weight excluding hydrogens is 346 g/mol. The number of nitrogens with one attached hydrogen (secondary N) is 3. The molecule has 0 unspecified atom stereocenters. The van der Waals surface area contributed by atoms with Crippen molar-refractivity contribution in [2.24, 2.45) is 5.73 Å². The van der Waals surface area contributed by atoms with Crippen molar-refractivity contribution in [3.63, 3.8) is 0 Å². The lowest BCUT2D eigenvalue weighted by atomic mass is 10.0. The lowest BCUT2D eigenvalue weighted by Gasteiger charge is -2.27. The minimum absolute atomic E-state index is 0.0245. The van der Waals surface area contributed by atoms with Crippen LogP contribution in [0.3, 0.4) is 0 Å². The van der Waals surface area contributed by atoms with Gasteiger partial charge in [-0.15, -0.1) is 0 Å². The van der Waals surface area contributed by atoms with E-state index in [9.17, 15) is 4.79 Å². The van der Waals surface area contributed by atoms with Crippen molar-refractivity contribution in [1.82, 2.24) is 20.9 Å². The van der Waals surface area contributed by atoms with Gasteiger partial charge in [0, 0.05) is 52.4 Å². The molecule has 0 radical (unpaired) electrons. The van der Waals surface area contributed by atoms with Crippen LogP contribution >= 0.6 is 0 Å². The van der Waals surface area contributed by atoms with E-state index in [1.54, 1.807) is 14.2 Å². The number of carbonyl (C=O) groups excluding carboxylic acids is 1. The van der Waals surface area contributed by atoms with Gasteiger partial charge in [-0.1, -0.05) is 6.07 Å². The molecule has 27 heavy (non-hydrogen) atoms. The highest BCUT2D eigenvalue weighted by molar-refractivity contribution is 5.82. The Balaban J connectivity index is 1.96. The van der Waals surface area contributed by atoms with Crippen molar-refractivity contribution in [3.8, 4) is 11.5 Å². The molecule has 1 aromatic carbocycles. The summed E-state index contributed by atoms with van der Waals surface area (Å²) in [5, 5.41) is 10.1. The highest BCUT2D eigenvalue weighted by atomic mass is 16.5.